The summed E-state index contributed by atoms with van der Waals surface area (Å²) in [5.41, 5.74) is 0.493. The standard InChI is InChI=1S/C12H17ClN2O2/c1-3-6-15-10(9(13)7-14-15)11(16)12(17-2)8-4-5-8/h7-8,12H,3-6H2,1-2H3. The zero-order valence-electron chi connectivity index (χ0n) is 10.1. The van der Waals surface area contributed by atoms with Gasteiger partial charge in [0.05, 0.1) is 11.2 Å². The molecule has 0 radical (unpaired) electrons. The van der Waals surface area contributed by atoms with Crippen LogP contribution in [-0.2, 0) is 11.3 Å². The van der Waals surface area contributed by atoms with E-state index in [0.717, 1.165) is 19.3 Å². The van der Waals surface area contributed by atoms with Crippen molar-refractivity contribution in [2.75, 3.05) is 7.11 Å². The molecule has 2 rings (SSSR count). The van der Waals surface area contributed by atoms with E-state index < -0.39 is 0 Å². The quantitative estimate of drug-likeness (QED) is 0.735. The molecule has 1 aromatic heterocycles. The van der Waals surface area contributed by atoms with Crippen molar-refractivity contribution >= 4 is 17.4 Å². The maximum absolute atomic E-state index is 12.4. The fraction of sp³-hybridized carbons (Fsp3) is 0.667. The van der Waals surface area contributed by atoms with E-state index in [-0.39, 0.29) is 11.9 Å². The van der Waals surface area contributed by atoms with Gasteiger partial charge in [0.25, 0.3) is 0 Å². The van der Waals surface area contributed by atoms with Crippen molar-refractivity contribution in [2.24, 2.45) is 5.92 Å². The van der Waals surface area contributed by atoms with Crippen LogP contribution in [0.3, 0.4) is 0 Å². The topological polar surface area (TPSA) is 44.1 Å². The van der Waals surface area contributed by atoms with Gasteiger partial charge < -0.3 is 4.74 Å². The van der Waals surface area contributed by atoms with Crippen LogP contribution in [0.5, 0.6) is 0 Å². The third-order valence-electron chi connectivity index (χ3n) is 3.03. The molecular formula is C12H17ClN2O2. The molecule has 1 heterocycles. The summed E-state index contributed by atoms with van der Waals surface area (Å²) in [6.07, 6.45) is 4.21. The van der Waals surface area contributed by atoms with Crippen molar-refractivity contribution in [1.82, 2.24) is 9.78 Å². The first-order valence-corrected chi connectivity index (χ1v) is 6.35. The number of Topliss-reactive ketones (excluding diaryl/α,β-unsaturated/α-hetero) is 1. The molecule has 1 atom stereocenters. The normalized spacial score (nSPS) is 17.1. The lowest BCUT2D eigenvalue weighted by Gasteiger charge is -2.14. The molecule has 1 aliphatic rings. The molecule has 0 amide bonds. The number of hydrogen-bond acceptors (Lipinski definition) is 3. The summed E-state index contributed by atoms with van der Waals surface area (Å²) in [6, 6.07) is 0. The van der Waals surface area contributed by atoms with Gasteiger partial charge in [0.2, 0.25) is 5.78 Å². The number of ketones is 1. The van der Waals surface area contributed by atoms with E-state index in [1.807, 2.05) is 6.92 Å². The predicted molar refractivity (Wildman–Crippen MR) is 65.4 cm³/mol. The minimum atomic E-state index is -0.361. The molecule has 5 heteroatoms. The average Bonchev–Trinajstić information content (AvgIpc) is 3.06. The molecule has 1 aromatic rings. The number of aryl methyl sites for hydroxylation is 1. The maximum Gasteiger partial charge on any atom is 0.211 e. The van der Waals surface area contributed by atoms with Gasteiger partial charge in [0.1, 0.15) is 11.8 Å². The molecule has 94 valence electrons. The van der Waals surface area contributed by atoms with Gasteiger partial charge >= 0.3 is 0 Å². The summed E-state index contributed by atoms with van der Waals surface area (Å²) < 4.78 is 6.98. The fourth-order valence-electron chi connectivity index (χ4n) is 2.04. The van der Waals surface area contributed by atoms with Crippen molar-refractivity contribution < 1.29 is 9.53 Å². The Morgan fingerprint density at radius 2 is 2.41 bits per heavy atom. The number of methoxy groups -OCH3 is 1. The highest BCUT2D eigenvalue weighted by atomic mass is 35.5. The van der Waals surface area contributed by atoms with Gasteiger partial charge in [-0.3, -0.25) is 9.48 Å². The zero-order chi connectivity index (χ0) is 12.4. The summed E-state index contributed by atoms with van der Waals surface area (Å²) >= 11 is 6.04. The lowest BCUT2D eigenvalue weighted by molar-refractivity contribution is 0.0529. The van der Waals surface area contributed by atoms with E-state index in [1.54, 1.807) is 11.8 Å². The highest BCUT2D eigenvalue weighted by Crippen LogP contribution is 2.36. The first-order chi connectivity index (χ1) is 8.19. The van der Waals surface area contributed by atoms with Gasteiger partial charge in [-0.15, -0.1) is 0 Å². The van der Waals surface area contributed by atoms with E-state index >= 15 is 0 Å². The van der Waals surface area contributed by atoms with Crippen LogP contribution < -0.4 is 0 Å². The Kier molecular flexibility index (Phi) is 3.84. The predicted octanol–water partition coefficient (Wildman–Crippen LogP) is 2.55. The molecule has 4 nitrogen and oxygen atoms in total. The summed E-state index contributed by atoms with van der Waals surface area (Å²) in [7, 11) is 1.58. The molecule has 1 unspecified atom stereocenters. The van der Waals surface area contributed by atoms with Gasteiger partial charge in [0.15, 0.2) is 0 Å². The first-order valence-electron chi connectivity index (χ1n) is 5.97. The molecule has 0 bridgehead atoms. The van der Waals surface area contributed by atoms with Crippen LogP contribution >= 0.6 is 11.6 Å². The van der Waals surface area contributed by atoms with Gasteiger partial charge in [-0.05, 0) is 25.2 Å². The Morgan fingerprint density at radius 3 is 2.94 bits per heavy atom. The fourth-order valence-corrected chi connectivity index (χ4v) is 2.27. The number of rotatable bonds is 6. The number of carbonyl (C=O) groups is 1. The largest absolute Gasteiger partial charge is 0.373 e. The lowest BCUT2D eigenvalue weighted by atomic mass is 10.1. The molecule has 1 saturated carbocycles. The van der Waals surface area contributed by atoms with Gasteiger partial charge in [-0.2, -0.15) is 5.10 Å². The maximum atomic E-state index is 12.4. The molecule has 1 fully saturated rings. The molecule has 0 aromatic carbocycles. The van der Waals surface area contributed by atoms with Gasteiger partial charge in [-0.25, -0.2) is 0 Å². The van der Waals surface area contributed by atoms with Crippen LogP contribution in [0, 0.1) is 5.92 Å². The second-order valence-electron chi connectivity index (χ2n) is 4.42. The van der Waals surface area contributed by atoms with E-state index in [0.29, 0.717) is 23.2 Å². The Hall–Kier alpha value is -0.870. The van der Waals surface area contributed by atoms with Crippen molar-refractivity contribution in [3.63, 3.8) is 0 Å². The highest BCUT2D eigenvalue weighted by Gasteiger charge is 2.38. The summed E-state index contributed by atoms with van der Waals surface area (Å²) in [4.78, 5) is 12.4. The minimum absolute atomic E-state index is 0.0362. The molecule has 17 heavy (non-hydrogen) atoms. The summed E-state index contributed by atoms with van der Waals surface area (Å²) in [5, 5.41) is 4.55. The highest BCUT2D eigenvalue weighted by molar-refractivity contribution is 6.33. The Labute approximate surface area is 106 Å². The lowest BCUT2D eigenvalue weighted by Crippen LogP contribution is -2.28. The number of aromatic nitrogens is 2. The minimum Gasteiger partial charge on any atom is -0.373 e. The number of carbonyl (C=O) groups excluding carboxylic acids is 1. The average molecular weight is 257 g/mol. The Morgan fingerprint density at radius 1 is 1.71 bits per heavy atom. The zero-order valence-corrected chi connectivity index (χ0v) is 10.9. The third kappa shape index (κ3) is 2.53. The van der Waals surface area contributed by atoms with Crippen LogP contribution in [-0.4, -0.2) is 28.8 Å². The molecule has 0 saturated heterocycles. The third-order valence-corrected chi connectivity index (χ3v) is 3.30. The SMILES string of the molecule is CCCn1ncc(Cl)c1C(=O)C(OC)C1CC1. The summed E-state index contributed by atoms with van der Waals surface area (Å²) in [6.45, 7) is 2.74. The Bertz CT molecular complexity index is 413. The number of hydrogen-bond donors (Lipinski definition) is 0. The van der Waals surface area contributed by atoms with Crippen molar-refractivity contribution in [1.29, 1.82) is 0 Å². The van der Waals surface area contributed by atoms with Crippen LogP contribution in [0.25, 0.3) is 0 Å². The monoisotopic (exact) mass is 256 g/mol. The van der Waals surface area contributed by atoms with Crippen LogP contribution in [0.1, 0.15) is 36.7 Å². The number of nitrogens with zero attached hydrogens (tertiary/aromatic N) is 2. The van der Waals surface area contributed by atoms with E-state index in [2.05, 4.69) is 5.10 Å². The number of halogens is 1. The smallest absolute Gasteiger partial charge is 0.211 e. The van der Waals surface area contributed by atoms with Crippen molar-refractivity contribution in [2.45, 2.75) is 38.8 Å². The second kappa shape index (κ2) is 5.19. The van der Waals surface area contributed by atoms with Crippen LogP contribution in [0.15, 0.2) is 6.20 Å². The van der Waals surface area contributed by atoms with E-state index in [4.69, 9.17) is 16.3 Å². The molecule has 0 aliphatic heterocycles. The molecule has 0 N–H and O–H groups in total. The first kappa shape index (κ1) is 12.6. The van der Waals surface area contributed by atoms with Gasteiger partial charge in [0, 0.05) is 13.7 Å². The number of ether oxygens (including phenoxy) is 1. The van der Waals surface area contributed by atoms with Crippen LogP contribution in [0.2, 0.25) is 5.02 Å². The van der Waals surface area contributed by atoms with E-state index in [1.165, 1.54) is 6.20 Å². The molecule has 0 spiro atoms. The van der Waals surface area contributed by atoms with Crippen LogP contribution in [0.4, 0.5) is 0 Å². The van der Waals surface area contributed by atoms with Crippen molar-refractivity contribution in [3.8, 4) is 0 Å². The Balaban J connectivity index is 2.24. The van der Waals surface area contributed by atoms with Gasteiger partial charge in [-0.1, -0.05) is 18.5 Å². The molecule has 1 aliphatic carbocycles. The van der Waals surface area contributed by atoms with Crippen molar-refractivity contribution in [3.05, 3.63) is 16.9 Å². The second-order valence-corrected chi connectivity index (χ2v) is 4.83. The summed E-state index contributed by atoms with van der Waals surface area (Å²) in [5.74, 6) is 0.319. The molecular weight excluding hydrogens is 240 g/mol. The van der Waals surface area contributed by atoms with E-state index in [9.17, 15) is 4.79 Å².